The quantitative estimate of drug-likeness (QED) is 0.596. The monoisotopic (exact) mass is 142 g/mol. The van der Waals surface area contributed by atoms with Crippen LogP contribution in [-0.4, -0.2) is 18.6 Å². The van der Waals surface area contributed by atoms with Gasteiger partial charge < -0.3 is 11.1 Å². The number of rotatable bonds is 2. The maximum Gasteiger partial charge on any atom is 0.0191 e. The average Bonchev–Trinajstić information content (AvgIpc) is 2.32. The molecule has 0 aromatic heterocycles. The van der Waals surface area contributed by atoms with E-state index < -0.39 is 0 Å². The first-order valence-corrected chi connectivity index (χ1v) is 4.18. The maximum atomic E-state index is 5.64. The van der Waals surface area contributed by atoms with E-state index in [-0.39, 0.29) is 0 Å². The van der Waals surface area contributed by atoms with E-state index in [4.69, 9.17) is 5.73 Å². The van der Waals surface area contributed by atoms with Crippen LogP contribution in [0, 0.1) is 5.92 Å². The summed E-state index contributed by atoms with van der Waals surface area (Å²) in [6, 6.07) is 0. The molecule has 1 aliphatic heterocycles. The van der Waals surface area contributed by atoms with E-state index in [2.05, 4.69) is 19.2 Å². The third kappa shape index (κ3) is 1.18. The fraction of sp³-hybridized carbons (Fsp3) is 1.00. The van der Waals surface area contributed by atoms with Crippen LogP contribution in [-0.2, 0) is 0 Å². The topological polar surface area (TPSA) is 38.0 Å². The SMILES string of the molecule is CCC1(C)NCCC1CN. The van der Waals surface area contributed by atoms with Crippen LogP contribution in [0.25, 0.3) is 0 Å². The van der Waals surface area contributed by atoms with Crippen molar-refractivity contribution in [1.29, 1.82) is 0 Å². The second-order valence-corrected chi connectivity index (χ2v) is 3.42. The Hall–Kier alpha value is -0.0800. The summed E-state index contributed by atoms with van der Waals surface area (Å²) in [5.41, 5.74) is 5.97. The summed E-state index contributed by atoms with van der Waals surface area (Å²) < 4.78 is 0. The van der Waals surface area contributed by atoms with Crippen LogP contribution in [0.15, 0.2) is 0 Å². The van der Waals surface area contributed by atoms with Gasteiger partial charge in [0.05, 0.1) is 0 Å². The van der Waals surface area contributed by atoms with Gasteiger partial charge in [0, 0.05) is 5.54 Å². The average molecular weight is 142 g/mol. The lowest BCUT2D eigenvalue weighted by molar-refractivity contribution is 0.300. The predicted molar refractivity (Wildman–Crippen MR) is 43.9 cm³/mol. The molecule has 60 valence electrons. The first-order chi connectivity index (χ1) is 4.73. The molecular formula is C8H18N2. The van der Waals surface area contributed by atoms with Crippen LogP contribution in [0.5, 0.6) is 0 Å². The summed E-state index contributed by atoms with van der Waals surface area (Å²) in [5.74, 6) is 0.692. The van der Waals surface area contributed by atoms with Gasteiger partial charge in [0.1, 0.15) is 0 Å². The second-order valence-electron chi connectivity index (χ2n) is 3.42. The molecule has 0 aromatic rings. The fourth-order valence-electron chi connectivity index (χ4n) is 1.79. The van der Waals surface area contributed by atoms with Gasteiger partial charge in [-0.15, -0.1) is 0 Å². The van der Waals surface area contributed by atoms with Gasteiger partial charge in [-0.1, -0.05) is 6.92 Å². The summed E-state index contributed by atoms with van der Waals surface area (Å²) in [6.07, 6.45) is 2.44. The van der Waals surface area contributed by atoms with Gasteiger partial charge in [0.2, 0.25) is 0 Å². The Labute approximate surface area is 63.2 Å². The molecule has 1 aliphatic rings. The molecule has 2 nitrogen and oxygen atoms in total. The van der Waals surface area contributed by atoms with Gasteiger partial charge in [-0.2, -0.15) is 0 Å². The molecule has 0 radical (unpaired) electrons. The normalized spacial score (nSPS) is 40.5. The van der Waals surface area contributed by atoms with Crippen LogP contribution in [0.2, 0.25) is 0 Å². The van der Waals surface area contributed by atoms with E-state index in [1.165, 1.54) is 12.8 Å². The largest absolute Gasteiger partial charge is 0.330 e. The van der Waals surface area contributed by atoms with Crippen molar-refractivity contribution in [2.24, 2.45) is 11.7 Å². The Bertz CT molecular complexity index is 114. The molecule has 1 rings (SSSR count). The third-order valence-electron chi connectivity index (χ3n) is 2.94. The van der Waals surface area contributed by atoms with Crippen LogP contribution in [0.4, 0.5) is 0 Å². The van der Waals surface area contributed by atoms with Gasteiger partial charge in [-0.25, -0.2) is 0 Å². The van der Waals surface area contributed by atoms with Crippen molar-refractivity contribution in [3.63, 3.8) is 0 Å². The number of hydrogen-bond acceptors (Lipinski definition) is 2. The minimum Gasteiger partial charge on any atom is -0.330 e. The van der Waals surface area contributed by atoms with Crippen molar-refractivity contribution < 1.29 is 0 Å². The van der Waals surface area contributed by atoms with Crippen molar-refractivity contribution in [3.8, 4) is 0 Å². The van der Waals surface area contributed by atoms with Crippen molar-refractivity contribution in [2.75, 3.05) is 13.1 Å². The second kappa shape index (κ2) is 2.89. The molecule has 10 heavy (non-hydrogen) atoms. The summed E-state index contributed by atoms with van der Waals surface area (Å²) in [5, 5.41) is 3.50. The third-order valence-corrected chi connectivity index (χ3v) is 2.94. The lowest BCUT2D eigenvalue weighted by atomic mass is 9.85. The van der Waals surface area contributed by atoms with E-state index in [9.17, 15) is 0 Å². The van der Waals surface area contributed by atoms with Crippen molar-refractivity contribution in [2.45, 2.75) is 32.2 Å². The van der Waals surface area contributed by atoms with E-state index in [1.54, 1.807) is 0 Å². The number of hydrogen-bond donors (Lipinski definition) is 2. The Kier molecular flexibility index (Phi) is 2.32. The zero-order valence-corrected chi connectivity index (χ0v) is 6.98. The molecule has 2 atom stereocenters. The molecule has 0 bridgehead atoms. The molecule has 3 N–H and O–H groups in total. The Morgan fingerprint density at radius 1 is 1.70 bits per heavy atom. The van der Waals surface area contributed by atoms with Crippen LogP contribution in [0.1, 0.15) is 26.7 Å². The molecule has 0 aliphatic carbocycles. The molecular weight excluding hydrogens is 124 g/mol. The van der Waals surface area contributed by atoms with Crippen LogP contribution >= 0.6 is 0 Å². The number of nitrogens with one attached hydrogen (secondary N) is 1. The van der Waals surface area contributed by atoms with Gasteiger partial charge in [-0.3, -0.25) is 0 Å². The van der Waals surface area contributed by atoms with Gasteiger partial charge in [-0.05, 0) is 38.8 Å². The first-order valence-electron chi connectivity index (χ1n) is 4.18. The van der Waals surface area contributed by atoms with E-state index in [0.29, 0.717) is 11.5 Å². The highest BCUT2D eigenvalue weighted by Gasteiger charge is 2.35. The summed E-state index contributed by atoms with van der Waals surface area (Å²) in [4.78, 5) is 0. The van der Waals surface area contributed by atoms with Gasteiger partial charge in [0.15, 0.2) is 0 Å². The lowest BCUT2D eigenvalue weighted by Crippen LogP contribution is -2.43. The highest BCUT2D eigenvalue weighted by molar-refractivity contribution is 4.95. The minimum atomic E-state index is 0.328. The zero-order valence-electron chi connectivity index (χ0n) is 6.98. The van der Waals surface area contributed by atoms with Crippen molar-refractivity contribution in [3.05, 3.63) is 0 Å². The molecule has 1 saturated heterocycles. The first kappa shape index (κ1) is 8.02. The fourth-order valence-corrected chi connectivity index (χ4v) is 1.79. The molecule has 0 amide bonds. The summed E-state index contributed by atoms with van der Waals surface area (Å²) in [7, 11) is 0. The molecule has 0 saturated carbocycles. The highest BCUT2D eigenvalue weighted by Crippen LogP contribution is 2.27. The predicted octanol–water partition coefficient (Wildman–Crippen LogP) is 0.723. The molecule has 0 spiro atoms. The zero-order chi connectivity index (χ0) is 7.61. The molecule has 1 heterocycles. The van der Waals surface area contributed by atoms with Crippen molar-refractivity contribution in [1.82, 2.24) is 5.32 Å². The summed E-state index contributed by atoms with van der Waals surface area (Å²) >= 11 is 0. The molecule has 2 heteroatoms. The van der Waals surface area contributed by atoms with E-state index >= 15 is 0 Å². The van der Waals surface area contributed by atoms with Crippen LogP contribution < -0.4 is 11.1 Å². The Morgan fingerprint density at radius 2 is 2.40 bits per heavy atom. The minimum absolute atomic E-state index is 0.328. The van der Waals surface area contributed by atoms with Crippen LogP contribution in [0.3, 0.4) is 0 Å². The van der Waals surface area contributed by atoms with Gasteiger partial charge >= 0.3 is 0 Å². The van der Waals surface area contributed by atoms with E-state index in [0.717, 1.165) is 13.1 Å². The lowest BCUT2D eigenvalue weighted by Gasteiger charge is -2.29. The number of nitrogens with two attached hydrogens (primary N) is 1. The van der Waals surface area contributed by atoms with Gasteiger partial charge in [0.25, 0.3) is 0 Å². The Morgan fingerprint density at radius 3 is 2.80 bits per heavy atom. The highest BCUT2D eigenvalue weighted by atomic mass is 15.0. The maximum absolute atomic E-state index is 5.64. The molecule has 2 unspecified atom stereocenters. The Balaban J connectivity index is 2.56. The van der Waals surface area contributed by atoms with Crippen molar-refractivity contribution >= 4 is 0 Å². The standard InChI is InChI=1S/C8H18N2/c1-3-8(2)7(6-9)4-5-10-8/h7,10H,3-6,9H2,1-2H3. The summed E-state index contributed by atoms with van der Waals surface area (Å²) in [6.45, 7) is 6.47. The molecule has 0 aromatic carbocycles. The van der Waals surface area contributed by atoms with E-state index in [1.807, 2.05) is 0 Å². The molecule has 1 fully saturated rings. The smallest absolute Gasteiger partial charge is 0.0191 e.